The van der Waals surface area contributed by atoms with Crippen LogP contribution in [0.25, 0.3) is 11.1 Å². The van der Waals surface area contributed by atoms with Crippen molar-refractivity contribution >= 4 is 35.2 Å². The zero-order valence-corrected chi connectivity index (χ0v) is 24.2. The molecule has 2 unspecified atom stereocenters. The molecule has 0 radical (unpaired) electrons. The third kappa shape index (κ3) is 5.81. The number of alkyl halides is 3. The quantitative estimate of drug-likeness (QED) is 0.417. The number of hydrogen-bond acceptors (Lipinski definition) is 5. The summed E-state index contributed by atoms with van der Waals surface area (Å²) in [6.45, 7) is -0.00293. The standard InChI is InChI=1S/C32H28ClF3N4O4/c33-23-8-5-19(6-9-23)24-4-2-1-3-21(24)16-38-13-14-39(27(18-38)32(34,35)36)30(43)20-7-10-25-22(15-20)17-40(31(25)44)26-11-12-28(41)37-29(26)42/h1-10,15,26-27H,11-14,16-18H2,(H,37,41,42). The lowest BCUT2D eigenvalue weighted by molar-refractivity contribution is -0.189. The number of hydrogen-bond donors (Lipinski definition) is 1. The predicted octanol–water partition coefficient (Wildman–Crippen LogP) is 4.66. The van der Waals surface area contributed by atoms with Crippen molar-refractivity contribution in [2.75, 3.05) is 19.6 Å². The number of rotatable bonds is 5. The molecule has 4 amide bonds. The molecule has 0 spiro atoms. The number of halogens is 4. The molecule has 1 N–H and O–H groups in total. The maximum absolute atomic E-state index is 14.4. The number of benzene rings is 3. The number of carbonyl (C=O) groups excluding carboxylic acids is 4. The highest BCUT2D eigenvalue weighted by atomic mass is 35.5. The molecule has 3 aromatic carbocycles. The second-order valence-corrected chi connectivity index (χ2v) is 11.7. The number of amides is 4. The van der Waals surface area contributed by atoms with E-state index in [4.69, 9.17) is 11.6 Å². The lowest BCUT2D eigenvalue weighted by Crippen LogP contribution is -2.60. The Morgan fingerprint density at radius 3 is 2.43 bits per heavy atom. The van der Waals surface area contributed by atoms with E-state index in [1.165, 1.54) is 23.1 Å². The van der Waals surface area contributed by atoms with Gasteiger partial charge in [-0.2, -0.15) is 13.2 Å². The van der Waals surface area contributed by atoms with Crippen LogP contribution in [0.3, 0.4) is 0 Å². The van der Waals surface area contributed by atoms with E-state index < -0.39 is 48.4 Å². The second kappa shape index (κ2) is 11.7. The fraction of sp³-hybridized carbons (Fsp3) is 0.312. The molecule has 12 heteroatoms. The molecule has 6 rings (SSSR count). The Hall–Kier alpha value is -4.22. The van der Waals surface area contributed by atoms with Gasteiger partial charge in [-0.25, -0.2) is 0 Å². The molecular weight excluding hydrogens is 597 g/mol. The highest BCUT2D eigenvalue weighted by Gasteiger charge is 2.48. The number of piperidine rings is 1. The normalized spacial score (nSPS) is 21.0. The van der Waals surface area contributed by atoms with Gasteiger partial charge < -0.3 is 9.80 Å². The highest BCUT2D eigenvalue weighted by molar-refractivity contribution is 6.30. The zero-order valence-electron chi connectivity index (χ0n) is 23.4. The summed E-state index contributed by atoms with van der Waals surface area (Å²) >= 11 is 6.03. The number of nitrogens with zero attached hydrogens (tertiary/aromatic N) is 3. The molecular formula is C32H28ClF3N4O4. The Bertz CT molecular complexity index is 1650. The summed E-state index contributed by atoms with van der Waals surface area (Å²) in [7, 11) is 0. The van der Waals surface area contributed by atoms with E-state index in [-0.39, 0.29) is 50.1 Å². The van der Waals surface area contributed by atoms with Crippen LogP contribution >= 0.6 is 11.6 Å². The van der Waals surface area contributed by atoms with E-state index in [0.717, 1.165) is 21.6 Å². The van der Waals surface area contributed by atoms with Crippen LogP contribution in [0.1, 0.15) is 44.7 Å². The first kappa shape index (κ1) is 29.8. The van der Waals surface area contributed by atoms with Gasteiger partial charge in [0.05, 0.1) is 0 Å². The van der Waals surface area contributed by atoms with E-state index in [1.54, 1.807) is 17.0 Å². The molecule has 2 atom stereocenters. The van der Waals surface area contributed by atoms with Crippen molar-refractivity contribution < 1.29 is 32.3 Å². The Kier molecular flexibility index (Phi) is 7.93. The van der Waals surface area contributed by atoms with E-state index in [0.29, 0.717) is 10.6 Å². The van der Waals surface area contributed by atoms with Crippen LogP contribution in [0, 0.1) is 0 Å². The van der Waals surface area contributed by atoms with Crippen molar-refractivity contribution in [2.45, 2.75) is 44.2 Å². The monoisotopic (exact) mass is 624 g/mol. The highest BCUT2D eigenvalue weighted by Crippen LogP contribution is 2.33. The van der Waals surface area contributed by atoms with Crippen molar-refractivity contribution in [3.63, 3.8) is 0 Å². The van der Waals surface area contributed by atoms with Crippen molar-refractivity contribution in [3.05, 3.63) is 94.0 Å². The summed E-state index contributed by atoms with van der Waals surface area (Å²) in [5, 5.41) is 2.81. The molecule has 3 aromatic rings. The molecule has 3 aliphatic rings. The Morgan fingerprint density at radius 2 is 1.70 bits per heavy atom. The molecule has 228 valence electrons. The van der Waals surface area contributed by atoms with Crippen LogP contribution in [-0.2, 0) is 22.7 Å². The second-order valence-electron chi connectivity index (χ2n) is 11.2. The van der Waals surface area contributed by atoms with Crippen LogP contribution in [-0.4, -0.2) is 76.2 Å². The number of carbonyl (C=O) groups is 4. The van der Waals surface area contributed by atoms with E-state index >= 15 is 0 Å². The van der Waals surface area contributed by atoms with Gasteiger partial charge in [0.25, 0.3) is 11.8 Å². The fourth-order valence-electron chi connectivity index (χ4n) is 6.19. The molecule has 44 heavy (non-hydrogen) atoms. The molecule has 8 nitrogen and oxygen atoms in total. The van der Waals surface area contributed by atoms with Gasteiger partial charge in [-0.1, -0.05) is 48.0 Å². The molecule has 0 aromatic heterocycles. The number of fused-ring (bicyclic) bond motifs is 1. The zero-order chi connectivity index (χ0) is 31.2. The van der Waals surface area contributed by atoms with Gasteiger partial charge in [0.1, 0.15) is 12.1 Å². The topological polar surface area (TPSA) is 90.0 Å². The average Bonchev–Trinajstić information content (AvgIpc) is 3.32. The summed E-state index contributed by atoms with van der Waals surface area (Å²) in [4.78, 5) is 54.3. The number of imide groups is 1. The van der Waals surface area contributed by atoms with Crippen molar-refractivity contribution in [2.24, 2.45) is 0 Å². The largest absolute Gasteiger partial charge is 0.410 e. The molecule has 2 saturated heterocycles. The first-order valence-electron chi connectivity index (χ1n) is 14.2. The molecule has 3 heterocycles. The third-order valence-corrected chi connectivity index (χ3v) is 8.69. The minimum Gasteiger partial charge on any atom is -0.324 e. The maximum atomic E-state index is 14.4. The van der Waals surface area contributed by atoms with Gasteiger partial charge in [0.15, 0.2) is 0 Å². The van der Waals surface area contributed by atoms with Crippen molar-refractivity contribution in [3.8, 4) is 11.1 Å². The molecule has 3 aliphatic heterocycles. The van der Waals surface area contributed by atoms with Crippen LogP contribution in [0.5, 0.6) is 0 Å². The lowest BCUT2D eigenvalue weighted by atomic mass is 9.98. The van der Waals surface area contributed by atoms with E-state index in [2.05, 4.69) is 5.32 Å². The van der Waals surface area contributed by atoms with Crippen LogP contribution < -0.4 is 5.32 Å². The van der Waals surface area contributed by atoms with Crippen molar-refractivity contribution in [1.29, 1.82) is 0 Å². The number of piperazine rings is 1. The van der Waals surface area contributed by atoms with Gasteiger partial charge in [-0.3, -0.25) is 29.4 Å². The lowest BCUT2D eigenvalue weighted by Gasteiger charge is -2.42. The summed E-state index contributed by atoms with van der Waals surface area (Å²) in [5.74, 6) is -2.17. The minimum absolute atomic E-state index is 0.0189. The maximum Gasteiger partial charge on any atom is 0.410 e. The van der Waals surface area contributed by atoms with Gasteiger partial charge in [-0.05, 0) is 59.0 Å². The first-order valence-corrected chi connectivity index (χ1v) is 14.6. The van der Waals surface area contributed by atoms with Gasteiger partial charge in [0.2, 0.25) is 11.8 Å². The molecule has 0 saturated carbocycles. The third-order valence-electron chi connectivity index (χ3n) is 8.44. The Morgan fingerprint density at radius 1 is 0.955 bits per heavy atom. The molecule has 0 bridgehead atoms. The molecule has 2 fully saturated rings. The average molecular weight is 625 g/mol. The Balaban J connectivity index is 1.19. The molecule has 0 aliphatic carbocycles. The summed E-state index contributed by atoms with van der Waals surface area (Å²) in [6.07, 6.45) is -4.39. The van der Waals surface area contributed by atoms with Gasteiger partial charge in [-0.15, -0.1) is 0 Å². The Labute approximate surface area is 256 Å². The van der Waals surface area contributed by atoms with Gasteiger partial charge in [0, 0.05) is 55.3 Å². The van der Waals surface area contributed by atoms with Crippen molar-refractivity contribution in [1.82, 2.24) is 20.0 Å². The number of nitrogens with one attached hydrogen (secondary N) is 1. The summed E-state index contributed by atoms with van der Waals surface area (Å²) in [6, 6.07) is 16.1. The smallest absolute Gasteiger partial charge is 0.324 e. The predicted molar refractivity (Wildman–Crippen MR) is 156 cm³/mol. The minimum atomic E-state index is -4.67. The first-order chi connectivity index (χ1) is 21.0. The fourth-order valence-corrected chi connectivity index (χ4v) is 6.32. The van der Waals surface area contributed by atoms with Crippen LogP contribution in [0.2, 0.25) is 5.02 Å². The summed E-state index contributed by atoms with van der Waals surface area (Å²) in [5.41, 5.74) is 3.42. The van der Waals surface area contributed by atoms with Crippen LogP contribution in [0.15, 0.2) is 66.7 Å². The van der Waals surface area contributed by atoms with E-state index in [1.807, 2.05) is 36.4 Å². The van der Waals surface area contributed by atoms with E-state index in [9.17, 15) is 32.3 Å². The summed E-state index contributed by atoms with van der Waals surface area (Å²) < 4.78 is 43.2. The van der Waals surface area contributed by atoms with Crippen LogP contribution in [0.4, 0.5) is 13.2 Å². The van der Waals surface area contributed by atoms with Gasteiger partial charge >= 0.3 is 6.18 Å². The SMILES string of the molecule is O=C1CCC(N2Cc3cc(C(=O)N4CCN(Cc5ccccc5-c5ccc(Cl)cc5)CC4C(F)(F)F)ccc3C2=O)C(=O)N1.